The van der Waals surface area contributed by atoms with Gasteiger partial charge in [0.25, 0.3) is 5.13 Å². The lowest BCUT2D eigenvalue weighted by atomic mass is 10.2. The maximum atomic E-state index is 12.9. The first kappa shape index (κ1) is 13.0. The lowest BCUT2D eigenvalue weighted by molar-refractivity contribution is -0.141. The third kappa shape index (κ3) is 4.17. The summed E-state index contributed by atoms with van der Waals surface area (Å²) in [7, 11) is 1.07. The zero-order chi connectivity index (χ0) is 10.7. The van der Waals surface area contributed by atoms with E-state index >= 15 is 0 Å². The van der Waals surface area contributed by atoms with E-state index in [9.17, 15) is 18.0 Å². The van der Waals surface area contributed by atoms with Crippen LogP contribution in [0.2, 0.25) is 0 Å². The molecule has 2 nitrogen and oxygen atoms in total. The molecule has 0 aliphatic carbocycles. The van der Waals surface area contributed by atoms with Gasteiger partial charge >= 0.3 is 10.8 Å². The van der Waals surface area contributed by atoms with E-state index in [1.807, 2.05) is 0 Å². The molecule has 0 heterocycles. The largest absolute Gasteiger partial charge is 0.469 e. The van der Waals surface area contributed by atoms with Crippen molar-refractivity contribution >= 4 is 33.5 Å². The van der Waals surface area contributed by atoms with E-state index < -0.39 is 28.8 Å². The summed E-state index contributed by atoms with van der Waals surface area (Å²) in [5, 5.41) is -3.28. The monoisotopic (exact) mass is 282 g/mol. The molecule has 78 valence electrons. The second-order valence-corrected chi connectivity index (χ2v) is 3.87. The van der Waals surface area contributed by atoms with Crippen molar-refractivity contribution in [2.45, 2.75) is 22.8 Å². The van der Waals surface area contributed by atoms with Gasteiger partial charge in [-0.3, -0.25) is 4.79 Å². The fourth-order valence-electron chi connectivity index (χ4n) is 0.503. The van der Waals surface area contributed by atoms with E-state index in [-0.39, 0.29) is 0 Å². The zero-order valence-corrected chi connectivity index (χ0v) is 8.96. The van der Waals surface area contributed by atoms with Crippen molar-refractivity contribution in [3.8, 4) is 0 Å². The first-order valence-corrected chi connectivity index (χ1v) is 4.39. The molecule has 13 heavy (non-hydrogen) atoms. The highest BCUT2D eigenvalue weighted by atomic mass is 79.9. The molecule has 0 rings (SSSR count). The molecule has 0 saturated heterocycles. The average Bonchev–Trinajstić information content (AvgIpc) is 1.98. The Morgan fingerprint density at radius 3 is 2.31 bits per heavy atom. The highest BCUT2D eigenvalue weighted by Gasteiger charge is 2.51. The Labute approximate surface area is 86.5 Å². The van der Waals surface area contributed by atoms with Crippen LogP contribution in [-0.2, 0) is 9.53 Å². The average molecular weight is 283 g/mol. The maximum absolute atomic E-state index is 12.9. The minimum absolute atomic E-state index is 0.502. The molecule has 1 unspecified atom stereocenters. The van der Waals surface area contributed by atoms with Gasteiger partial charge in [0.2, 0.25) is 0 Å². The first-order chi connectivity index (χ1) is 5.70. The van der Waals surface area contributed by atoms with Crippen LogP contribution < -0.4 is 0 Å². The molecule has 0 radical (unpaired) electrons. The zero-order valence-electron chi connectivity index (χ0n) is 6.62. The van der Waals surface area contributed by atoms with E-state index in [1.54, 1.807) is 15.9 Å². The third-order valence-electron chi connectivity index (χ3n) is 1.29. The standard InChI is InChI=1S/C6H7BrClF3O2/c1-13-4(12)2-3-5(8,9)6(7,10)11/h2-3H2,1H3. The van der Waals surface area contributed by atoms with Crippen LogP contribution in [0.15, 0.2) is 0 Å². The van der Waals surface area contributed by atoms with Crippen LogP contribution in [0.3, 0.4) is 0 Å². The van der Waals surface area contributed by atoms with Crippen molar-refractivity contribution in [3.05, 3.63) is 0 Å². The van der Waals surface area contributed by atoms with E-state index in [0.29, 0.717) is 0 Å². The van der Waals surface area contributed by atoms with E-state index in [1.165, 1.54) is 0 Å². The van der Waals surface area contributed by atoms with Crippen molar-refractivity contribution < 1.29 is 22.7 Å². The molecule has 0 aromatic heterocycles. The smallest absolute Gasteiger partial charge is 0.348 e. The molecule has 0 bridgehead atoms. The van der Waals surface area contributed by atoms with Gasteiger partial charge in [0.1, 0.15) is 0 Å². The summed E-state index contributed by atoms with van der Waals surface area (Å²) in [4.78, 5) is 6.61. The van der Waals surface area contributed by atoms with Gasteiger partial charge in [-0.1, -0.05) is 11.6 Å². The van der Waals surface area contributed by atoms with E-state index in [2.05, 4.69) is 4.74 Å². The Bertz CT molecular complexity index is 193. The summed E-state index contributed by atoms with van der Waals surface area (Å²) in [5.74, 6) is -0.792. The Morgan fingerprint density at radius 2 is 2.00 bits per heavy atom. The van der Waals surface area contributed by atoms with Crippen molar-refractivity contribution in [2.75, 3.05) is 7.11 Å². The molecule has 0 aromatic carbocycles. The highest BCUT2D eigenvalue weighted by Crippen LogP contribution is 2.44. The van der Waals surface area contributed by atoms with Crippen LogP contribution in [0.5, 0.6) is 0 Å². The number of hydrogen-bond acceptors (Lipinski definition) is 2. The summed E-state index contributed by atoms with van der Waals surface area (Å²) in [5.41, 5.74) is 0. The fourth-order valence-corrected chi connectivity index (χ4v) is 0.796. The number of esters is 1. The van der Waals surface area contributed by atoms with Crippen molar-refractivity contribution in [1.82, 2.24) is 0 Å². The highest BCUT2D eigenvalue weighted by molar-refractivity contribution is 9.10. The van der Waals surface area contributed by atoms with Gasteiger partial charge in [0, 0.05) is 6.42 Å². The minimum Gasteiger partial charge on any atom is -0.469 e. The molecular weight excluding hydrogens is 276 g/mol. The normalized spacial score (nSPS) is 16.5. The number of halogens is 5. The number of alkyl halides is 5. The molecule has 0 fully saturated rings. The van der Waals surface area contributed by atoms with Crippen LogP contribution in [0.4, 0.5) is 13.2 Å². The Balaban J connectivity index is 4.12. The summed E-state index contributed by atoms with van der Waals surface area (Å²) < 4.78 is 41.6. The van der Waals surface area contributed by atoms with Crippen molar-refractivity contribution in [2.24, 2.45) is 0 Å². The number of ether oxygens (including phenoxy) is 1. The van der Waals surface area contributed by atoms with Crippen LogP contribution in [0.1, 0.15) is 12.8 Å². The third-order valence-corrected chi connectivity index (χ3v) is 2.57. The van der Waals surface area contributed by atoms with Gasteiger partial charge in [0.15, 0.2) is 0 Å². The second kappa shape index (κ2) is 4.50. The molecule has 1 atom stereocenters. The molecule has 0 aliphatic rings. The number of hydrogen-bond donors (Lipinski definition) is 0. The van der Waals surface area contributed by atoms with Crippen LogP contribution in [-0.4, -0.2) is 23.0 Å². The minimum atomic E-state index is -3.87. The molecule has 0 amide bonds. The lowest BCUT2D eigenvalue weighted by Crippen LogP contribution is -2.34. The molecule has 7 heteroatoms. The van der Waals surface area contributed by atoms with Gasteiger partial charge in [-0.15, -0.1) is 0 Å². The quantitative estimate of drug-likeness (QED) is 0.586. The second-order valence-electron chi connectivity index (χ2n) is 2.28. The van der Waals surface area contributed by atoms with Crippen LogP contribution in [0.25, 0.3) is 0 Å². The predicted molar refractivity (Wildman–Crippen MR) is 44.8 cm³/mol. The van der Waals surface area contributed by atoms with Crippen LogP contribution >= 0.6 is 27.5 Å². The predicted octanol–water partition coefficient (Wildman–Crippen LogP) is 2.83. The SMILES string of the molecule is COC(=O)CCC(F)(Cl)C(F)(F)Br. The van der Waals surface area contributed by atoms with Gasteiger partial charge < -0.3 is 4.74 Å². The molecule has 0 saturated carbocycles. The summed E-state index contributed by atoms with van der Waals surface area (Å²) in [6, 6.07) is 0. The maximum Gasteiger partial charge on any atom is 0.348 e. The molecule has 0 aliphatic heterocycles. The summed E-state index contributed by atoms with van der Waals surface area (Å²) >= 11 is 6.62. The van der Waals surface area contributed by atoms with Gasteiger partial charge in [0.05, 0.1) is 13.5 Å². The van der Waals surface area contributed by atoms with Gasteiger partial charge in [-0.05, 0) is 15.9 Å². The Hall–Kier alpha value is 0.0300. The Kier molecular flexibility index (Phi) is 4.51. The summed E-state index contributed by atoms with van der Waals surface area (Å²) in [6.45, 7) is 0. The topological polar surface area (TPSA) is 26.3 Å². The van der Waals surface area contributed by atoms with Crippen LogP contribution in [0, 0.1) is 0 Å². The Morgan fingerprint density at radius 1 is 1.54 bits per heavy atom. The summed E-state index contributed by atoms with van der Waals surface area (Å²) in [6.07, 6.45) is -1.32. The van der Waals surface area contributed by atoms with Gasteiger partial charge in [-0.2, -0.15) is 8.78 Å². The molecule has 0 spiro atoms. The van der Waals surface area contributed by atoms with E-state index in [4.69, 9.17) is 11.6 Å². The number of carbonyl (C=O) groups is 1. The molecular formula is C6H7BrClF3O2. The molecule has 0 aromatic rings. The fraction of sp³-hybridized carbons (Fsp3) is 0.833. The number of methoxy groups -OCH3 is 1. The first-order valence-electron chi connectivity index (χ1n) is 3.22. The van der Waals surface area contributed by atoms with Crippen molar-refractivity contribution in [1.29, 1.82) is 0 Å². The number of carbonyl (C=O) groups excluding carboxylic acids is 1. The van der Waals surface area contributed by atoms with Crippen molar-refractivity contribution in [3.63, 3.8) is 0 Å². The lowest BCUT2D eigenvalue weighted by Gasteiger charge is -2.22. The van der Waals surface area contributed by atoms with Gasteiger partial charge in [-0.25, -0.2) is 4.39 Å². The van der Waals surface area contributed by atoms with E-state index in [0.717, 1.165) is 7.11 Å². The molecule has 0 N–H and O–H groups in total. The number of rotatable bonds is 4.